The van der Waals surface area contributed by atoms with Crippen molar-refractivity contribution in [1.82, 2.24) is 9.55 Å². The van der Waals surface area contributed by atoms with Crippen molar-refractivity contribution >= 4 is 11.0 Å². The van der Waals surface area contributed by atoms with Gasteiger partial charge in [-0.25, -0.2) is 4.98 Å². The molecule has 0 radical (unpaired) electrons. The number of aryl methyl sites for hydroxylation is 2. The van der Waals surface area contributed by atoms with Crippen LogP contribution in [0, 0.1) is 6.92 Å². The minimum atomic E-state index is 0.562. The lowest BCUT2D eigenvalue weighted by molar-refractivity contribution is 0.303. The van der Waals surface area contributed by atoms with Gasteiger partial charge in [0.25, 0.3) is 0 Å². The summed E-state index contributed by atoms with van der Waals surface area (Å²) in [6.45, 7) is 8.23. The molecule has 24 heavy (non-hydrogen) atoms. The van der Waals surface area contributed by atoms with Crippen molar-refractivity contribution in [2.45, 2.75) is 46.1 Å². The minimum Gasteiger partial charge on any atom is -0.494 e. The molecular formula is C21H26N2O. The van der Waals surface area contributed by atoms with Crippen molar-refractivity contribution in [3.05, 3.63) is 59.9 Å². The number of ether oxygens (including phenoxy) is 1. The van der Waals surface area contributed by atoms with Gasteiger partial charge in [0.1, 0.15) is 11.6 Å². The van der Waals surface area contributed by atoms with Crippen LogP contribution in [-0.4, -0.2) is 16.2 Å². The summed E-state index contributed by atoms with van der Waals surface area (Å²) in [6.07, 6.45) is 2.13. The summed E-state index contributed by atoms with van der Waals surface area (Å²) in [6, 6.07) is 16.8. The van der Waals surface area contributed by atoms with Crippen LogP contribution < -0.4 is 4.74 Å². The first-order valence-corrected chi connectivity index (χ1v) is 8.80. The molecule has 0 N–H and O–H groups in total. The third-order valence-corrected chi connectivity index (χ3v) is 4.44. The van der Waals surface area contributed by atoms with E-state index in [1.165, 1.54) is 11.1 Å². The van der Waals surface area contributed by atoms with Gasteiger partial charge in [-0.2, -0.15) is 0 Å². The SMILES string of the molecule is Cc1nc2ccccc2n1CCCCOc1ccc(C(C)C)cc1. The third-order valence-electron chi connectivity index (χ3n) is 4.44. The Balaban J connectivity index is 1.47. The van der Waals surface area contributed by atoms with E-state index in [1.54, 1.807) is 0 Å². The molecule has 126 valence electrons. The average Bonchev–Trinajstić information content (AvgIpc) is 2.90. The van der Waals surface area contributed by atoms with Crippen LogP contribution in [0.2, 0.25) is 0 Å². The lowest BCUT2D eigenvalue weighted by atomic mass is 10.0. The standard InChI is InChI=1S/C21H26N2O/c1-16(2)18-10-12-19(13-11-18)24-15-7-6-14-23-17(3)22-20-8-4-5-9-21(20)23/h4-5,8-13,16H,6-7,14-15H2,1-3H3. The van der Waals surface area contributed by atoms with Crippen LogP contribution in [0.25, 0.3) is 11.0 Å². The molecule has 0 aliphatic heterocycles. The lowest BCUT2D eigenvalue weighted by Crippen LogP contribution is -2.04. The molecule has 0 unspecified atom stereocenters. The molecule has 0 aliphatic rings. The summed E-state index contributed by atoms with van der Waals surface area (Å²) in [5.41, 5.74) is 3.65. The fraction of sp³-hybridized carbons (Fsp3) is 0.381. The van der Waals surface area contributed by atoms with E-state index in [4.69, 9.17) is 4.74 Å². The van der Waals surface area contributed by atoms with Gasteiger partial charge < -0.3 is 9.30 Å². The Kier molecular flexibility index (Phi) is 5.19. The Labute approximate surface area is 144 Å². The van der Waals surface area contributed by atoms with Gasteiger partial charge in [0.2, 0.25) is 0 Å². The summed E-state index contributed by atoms with van der Waals surface area (Å²) in [4.78, 5) is 4.61. The molecule has 0 bridgehead atoms. The second-order valence-corrected chi connectivity index (χ2v) is 6.58. The first kappa shape index (κ1) is 16.6. The number of unbranched alkanes of at least 4 members (excludes halogenated alkanes) is 1. The fourth-order valence-electron chi connectivity index (χ4n) is 2.99. The molecule has 0 saturated heterocycles. The summed E-state index contributed by atoms with van der Waals surface area (Å²) in [7, 11) is 0. The Bertz CT molecular complexity index is 787. The molecule has 1 aromatic heterocycles. The number of aromatic nitrogens is 2. The van der Waals surface area contributed by atoms with Gasteiger partial charge in [0, 0.05) is 6.54 Å². The molecule has 0 fully saturated rings. The fourth-order valence-corrected chi connectivity index (χ4v) is 2.99. The van der Waals surface area contributed by atoms with E-state index in [-0.39, 0.29) is 0 Å². The van der Waals surface area contributed by atoms with Crippen LogP contribution in [0.4, 0.5) is 0 Å². The summed E-state index contributed by atoms with van der Waals surface area (Å²) in [5.74, 6) is 2.61. The second kappa shape index (κ2) is 7.52. The van der Waals surface area contributed by atoms with Crippen LogP contribution in [0.15, 0.2) is 48.5 Å². The number of nitrogens with zero attached hydrogens (tertiary/aromatic N) is 2. The molecule has 0 aliphatic carbocycles. The normalized spacial score (nSPS) is 11.3. The topological polar surface area (TPSA) is 27.1 Å². The highest BCUT2D eigenvalue weighted by molar-refractivity contribution is 5.75. The quantitative estimate of drug-likeness (QED) is 0.550. The molecule has 0 spiro atoms. The first-order chi connectivity index (χ1) is 11.6. The Morgan fingerprint density at radius 1 is 1.00 bits per heavy atom. The van der Waals surface area contributed by atoms with E-state index in [2.05, 4.69) is 72.8 Å². The van der Waals surface area contributed by atoms with Crippen LogP contribution in [0.1, 0.15) is 44.0 Å². The Morgan fingerprint density at radius 2 is 1.75 bits per heavy atom. The third kappa shape index (κ3) is 3.78. The van der Waals surface area contributed by atoms with Crippen LogP contribution >= 0.6 is 0 Å². The lowest BCUT2D eigenvalue weighted by Gasteiger charge is -2.10. The van der Waals surface area contributed by atoms with E-state index in [0.29, 0.717) is 5.92 Å². The smallest absolute Gasteiger partial charge is 0.119 e. The highest BCUT2D eigenvalue weighted by Gasteiger charge is 2.06. The number of fused-ring (bicyclic) bond motifs is 1. The number of imidazole rings is 1. The van der Waals surface area contributed by atoms with Gasteiger partial charge in [-0.3, -0.25) is 0 Å². The van der Waals surface area contributed by atoms with Gasteiger partial charge in [-0.05, 0) is 55.5 Å². The van der Waals surface area contributed by atoms with Gasteiger partial charge in [0.15, 0.2) is 0 Å². The van der Waals surface area contributed by atoms with Crippen molar-refractivity contribution < 1.29 is 4.74 Å². The van der Waals surface area contributed by atoms with E-state index in [9.17, 15) is 0 Å². The van der Waals surface area contributed by atoms with Crippen molar-refractivity contribution in [2.75, 3.05) is 6.61 Å². The average molecular weight is 322 g/mol. The van der Waals surface area contributed by atoms with Gasteiger partial charge in [-0.1, -0.05) is 38.1 Å². The van der Waals surface area contributed by atoms with Crippen molar-refractivity contribution in [3.63, 3.8) is 0 Å². The molecule has 3 nitrogen and oxygen atoms in total. The van der Waals surface area contributed by atoms with Gasteiger partial charge in [-0.15, -0.1) is 0 Å². The van der Waals surface area contributed by atoms with Gasteiger partial charge in [0.05, 0.1) is 17.6 Å². The molecule has 2 aromatic carbocycles. The zero-order valence-corrected chi connectivity index (χ0v) is 14.8. The maximum Gasteiger partial charge on any atom is 0.119 e. The van der Waals surface area contributed by atoms with Crippen LogP contribution in [-0.2, 0) is 6.54 Å². The maximum atomic E-state index is 5.85. The number of benzene rings is 2. The number of para-hydroxylation sites is 2. The maximum absolute atomic E-state index is 5.85. The van der Waals surface area contributed by atoms with Gasteiger partial charge >= 0.3 is 0 Å². The molecule has 0 amide bonds. The predicted octanol–water partition coefficient (Wildman–Crippen LogP) is 5.33. The molecule has 1 heterocycles. The van der Waals surface area contributed by atoms with Crippen LogP contribution in [0.5, 0.6) is 5.75 Å². The zero-order chi connectivity index (χ0) is 16.9. The van der Waals surface area contributed by atoms with Crippen molar-refractivity contribution in [2.24, 2.45) is 0 Å². The van der Waals surface area contributed by atoms with E-state index < -0.39 is 0 Å². The first-order valence-electron chi connectivity index (χ1n) is 8.80. The van der Waals surface area contributed by atoms with Crippen LogP contribution in [0.3, 0.4) is 0 Å². The van der Waals surface area contributed by atoms with Crippen molar-refractivity contribution in [3.8, 4) is 5.75 Å². The minimum absolute atomic E-state index is 0.562. The number of hydrogen-bond acceptors (Lipinski definition) is 2. The molecule has 0 atom stereocenters. The molecular weight excluding hydrogens is 296 g/mol. The second-order valence-electron chi connectivity index (χ2n) is 6.58. The monoisotopic (exact) mass is 322 g/mol. The Morgan fingerprint density at radius 3 is 2.50 bits per heavy atom. The molecule has 3 heteroatoms. The summed E-state index contributed by atoms with van der Waals surface area (Å²) < 4.78 is 8.15. The highest BCUT2D eigenvalue weighted by Crippen LogP contribution is 2.19. The summed E-state index contributed by atoms with van der Waals surface area (Å²) in [5, 5.41) is 0. The number of rotatable bonds is 7. The zero-order valence-electron chi connectivity index (χ0n) is 14.8. The van der Waals surface area contributed by atoms with Crippen molar-refractivity contribution in [1.29, 1.82) is 0 Å². The number of hydrogen-bond donors (Lipinski definition) is 0. The molecule has 3 aromatic rings. The van der Waals surface area contributed by atoms with E-state index in [0.717, 1.165) is 43.1 Å². The summed E-state index contributed by atoms with van der Waals surface area (Å²) >= 11 is 0. The van der Waals surface area contributed by atoms with E-state index >= 15 is 0 Å². The Hall–Kier alpha value is -2.29. The van der Waals surface area contributed by atoms with E-state index in [1.807, 2.05) is 6.07 Å². The molecule has 3 rings (SSSR count). The predicted molar refractivity (Wildman–Crippen MR) is 99.7 cm³/mol. The largest absolute Gasteiger partial charge is 0.494 e. The highest BCUT2D eigenvalue weighted by atomic mass is 16.5. The molecule has 0 saturated carbocycles.